The van der Waals surface area contributed by atoms with Crippen molar-refractivity contribution >= 4 is 34.9 Å². The second-order valence-electron chi connectivity index (χ2n) is 6.89. The average Bonchev–Trinajstić information content (AvgIpc) is 3.30. The number of hydrogen-bond acceptors (Lipinski definition) is 9. The van der Waals surface area contributed by atoms with Gasteiger partial charge >= 0.3 is 192 Å². The normalized spacial score (nSPS) is 12.4. The molecule has 0 saturated heterocycles. The molecule has 4 aromatic rings. The van der Waals surface area contributed by atoms with Crippen LogP contribution in [0, 0.1) is 6.92 Å². The van der Waals surface area contributed by atoms with E-state index in [1.54, 1.807) is 31.7 Å². The Labute approximate surface area is 199 Å². The van der Waals surface area contributed by atoms with Crippen LogP contribution in [0.5, 0.6) is 17.2 Å². The van der Waals surface area contributed by atoms with Crippen molar-refractivity contribution in [3.8, 4) is 17.2 Å². The van der Waals surface area contributed by atoms with Gasteiger partial charge in [-0.3, -0.25) is 0 Å². The van der Waals surface area contributed by atoms with Crippen LogP contribution >= 0.6 is 22.9 Å². The monoisotopic (exact) mass is 480 g/mol. The Morgan fingerprint density at radius 2 is 2.06 bits per heavy atom. The molecule has 11 heteroatoms. The second-order valence-corrected chi connectivity index (χ2v) is 8.90. The van der Waals surface area contributed by atoms with Crippen LogP contribution in [0.15, 0.2) is 69.6 Å². The Morgan fingerprint density at radius 3 is 2.85 bits per heavy atom. The molecule has 1 atom stereocenters. The molecule has 1 aromatic carbocycles. The van der Waals surface area contributed by atoms with Crippen LogP contribution in [0.4, 0.5) is 5.82 Å². The first-order chi connectivity index (χ1) is 16.1. The summed E-state index contributed by atoms with van der Waals surface area (Å²) in [6.07, 6.45) is 4.14. The van der Waals surface area contributed by atoms with Crippen LogP contribution in [0.2, 0.25) is 0 Å². The first-order valence-electron chi connectivity index (χ1n) is 9.98. The molecular weight excluding hydrogens is 459 g/mol. The molecule has 0 bridgehead atoms. The molecule has 8 nitrogen and oxygen atoms in total. The van der Waals surface area contributed by atoms with E-state index in [1.165, 1.54) is 22.9 Å². The fourth-order valence-corrected chi connectivity index (χ4v) is 4.48. The van der Waals surface area contributed by atoms with Gasteiger partial charge in [0.2, 0.25) is 0 Å². The minimum atomic E-state index is -0.992. The maximum atomic E-state index is 9.83. The second kappa shape index (κ2) is 10.8. The first-order valence-corrected chi connectivity index (χ1v) is 11.7. The van der Waals surface area contributed by atoms with Crippen molar-refractivity contribution < 1.29 is 19.7 Å². The Hall–Kier alpha value is -2.99. The van der Waals surface area contributed by atoms with Crippen molar-refractivity contribution in [3.63, 3.8) is 0 Å². The molecule has 0 fully saturated rings. The van der Waals surface area contributed by atoms with Crippen LogP contribution in [0.1, 0.15) is 17.4 Å². The fraction of sp³-hybridized carbons (Fsp3) is 0.182. The van der Waals surface area contributed by atoms with Gasteiger partial charge in [-0.25, -0.2) is 0 Å². The van der Waals surface area contributed by atoms with Gasteiger partial charge in [-0.2, -0.15) is 0 Å². The van der Waals surface area contributed by atoms with Gasteiger partial charge in [-0.05, 0) is 0 Å². The van der Waals surface area contributed by atoms with Gasteiger partial charge in [0, 0.05) is 0 Å². The molecule has 33 heavy (non-hydrogen) atoms. The van der Waals surface area contributed by atoms with Crippen LogP contribution in [0.25, 0.3) is 0 Å². The summed E-state index contributed by atoms with van der Waals surface area (Å²) in [5.41, 5.74) is 1.22. The number of benzene rings is 1. The fourth-order valence-electron chi connectivity index (χ4n) is 2.84. The van der Waals surface area contributed by atoms with Crippen molar-refractivity contribution in [1.82, 2.24) is 15.0 Å². The predicted molar refractivity (Wildman–Crippen MR) is 128 cm³/mol. The summed E-state index contributed by atoms with van der Waals surface area (Å²) < 4.78 is 11.5. The number of H-pyrrole nitrogens is 1. The zero-order valence-corrected chi connectivity index (χ0v) is 19.6. The van der Waals surface area contributed by atoms with E-state index in [-0.39, 0.29) is 6.61 Å². The van der Waals surface area contributed by atoms with E-state index in [0.29, 0.717) is 27.7 Å². The van der Waals surface area contributed by atoms with Crippen molar-refractivity contribution in [2.75, 3.05) is 13.7 Å². The number of aromatic amines is 1. The topological polar surface area (TPSA) is 113 Å². The average molecular weight is 480 g/mol. The number of methoxy groups -OCH3 is 1. The molecule has 3 aromatic heterocycles. The van der Waals surface area contributed by atoms with Crippen molar-refractivity contribution in [3.05, 3.63) is 70.9 Å². The molecule has 3 heterocycles. The molecule has 0 radical (unpaired) electrons. The van der Waals surface area contributed by atoms with Gasteiger partial charge < -0.3 is 0 Å². The number of aliphatic hydroxyl groups excluding tert-OH is 2. The number of aromatic nitrogens is 3. The van der Waals surface area contributed by atoms with Gasteiger partial charge in [0.15, 0.2) is 0 Å². The molecular formula is C22H21BN4O4S2. The van der Waals surface area contributed by atoms with Crippen molar-refractivity contribution in [2.24, 2.45) is 4.99 Å². The summed E-state index contributed by atoms with van der Waals surface area (Å²) in [4.78, 5) is 18.7. The number of aliphatic hydroxyl groups is 2. The summed E-state index contributed by atoms with van der Waals surface area (Å²) in [7, 11) is 1.64. The van der Waals surface area contributed by atoms with E-state index < -0.39 is 6.10 Å². The zero-order chi connectivity index (χ0) is 23.2. The molecule has 0 saturated carbocycles. The molecule has 0 aliphatic heterocycles. The SMILES string of the molecule is COc1cccc(Sc2cnc(/N=c3/[nH]c(C(O)CO)bs3)c(Oc3cccnc3C)c2)c1. The van der Waals surface area contributed by atoms with Gasteiger partial charge in [-0.15, -0.1) is 0 Å². The van der Waals surface area contributed by atoms with Gasteiger partial charge in [-0.1, -0.05) is 0 Å². The van der Waals surface area contributed by atoms with Gasteiger partial charge in [0.05, 0.1) is 7.11 Å². The van der Waals surface area contributed by atoms with Crippen LogP contribution in [-0.2, 0) is 0 Å². The predicted octanol–water partition coefficient (Wildman–Crippen LogP) is 3.72. The van der Waals surface area contributed by atoms with E-state index >= 15 is 0 Å². The number of nitrogens with zero attached hydrogens (tertiary/aromatic N) is 3. The summed E-state index contributed by atoms with van der Waals surface area (Å²) >= 11 is 2.82. The Bertz CT molecular complexity index is 1310. The molecule has 0 amide bonds. The third-order valence-corrected chi connectivity index (χ3v) is 6.29. The van der Waals surface area contributed by atoms with Gasteiger partial charge in [0.25, 0.3) is 0 Å². The van der Waals surface area contributed by atoms with Crippen molar-refractivity contribution in [2.45, 2.75) is 22.8 Å². The molecule has 0 aliphatic rings. The maximum absolute atomic E-state index is 9.83. The van der Waals surface area contributed by atoms with Crippen LogP contribution in [0.3, 0.4) is 0 Å². The molecule has 4 rings (SSSR count). The van der Waals surface area contributed by atoms with E-state index in [1.807, 2.05) is 43.3 Å². The Morgan fingerprint density at radius 1 is 1.18 bits per heavy atom. The molecule has 0 spiro atoms. The third kappa shape index (κ3) is 5.88. The van der Waals surface area contributed by atoms with Crippen LogP contribution in [-0.4, -0.2) is 45.1 Å². The van der Waals surface area contributed by atoms with E-state index in [9.17, 15) is 5.11 Å². The zero-order valence-electron chi connectivity index (χ0n) is 17.9. The van der Waals surface area contributed by atoms with E-state index in [4.69, 9.17) is 14.6 Å². The molecule has 168 valence electrons. The number of hydrogen-bond donors (Lipinski definition) is 3. The summed E-state index contributed by atoms with van der Waals surface area (Å²) in [6.45, 7) is 1.49. The molecule has 0 aliphatic carbocycles. The quantitative estimate of drug-likeness (QED) is 0.352. The number of pyridine rings is 2. The number of ether oxygens (including phenoxy) is 2. The third-order valence-electron chi connectivity index (χ3n) is 4.55. The number of aryl methyl sites for hydroxylation is 1. The van der Waals surface area contributed by atoms with Crippen LogP contribution < -0.4 is 14.3 Å². The molecule has 1 unspecified atom stereocenters. The van der Waals surface area contributed by atoms with E-state index in [2.05, 4.69) is 19.9 Å². The van der Waals surface area contributed by atoms with Gasteiger partial charge in [0.1, 0.15) is 0 Å². The Balaban J connectivity index is 1.71. The Kier molecular flexibility index (Phi) is 7.56. The molecule has 3 N–H and O–H groups in total. The van der Waals surface area contributed by atoms with Crippen molar-refractivity contribution in [1.29, 1.82) is 0 Å². The number of nitrogens with one attached hydrogen (secondary N) is 1. The van der Waals surface area contributed by atoms with E-state index in [0.717, 1.165) is 21.2 Å². The minimum absolute atomic E-state index is 0.372. The summed E-state index contributed by atoms with van der Waals surface area (Å²) in [6, 6.07) is 13.3. The standard InChI is InChI=1S/C22H21BN4O4S2/c1-13-18(7-4-8-24-13)31-19-10-16(32-15-6-3-5-14(9-15)30-2)11-25-21(19)27-22-26-20(23-33-22)17(29)12-28/h3-11,17,28-29H,12H2,1-2H3,(H,25,26,27). The number of rotatable bonds is 8. The first kappa shape index (κ1) is 23.2. The summed E-state index contributed by atoms with van der Waals surface area (Å²) in [5, 5.41) is 19.0. The summed E-state index contributed by atoms with van der Waals surface area (Å²) in [5.74, 6) is 2.21.